The van der Waals surface area contributed by atoms with E-state index in [2.05, 4.69) is 21.6 Å². The highest BCUT2D eigenvalue weighted by Crippen LogP contribution is 2.27. The van der Waals surface area contributed by atoms with Gasteiger partial charge in [-0.1, -0.05) is 0 Å². The average Bonchev–Trinajstić information content (AvgIpc) is 2.61. The fourth-order valence-corrected chi connectivity index (χ4v) is 2.24. The third kappa shape index (κ3) is 1.93. The van der Waals surface area contributed by atoms with E-state index in [-0.39, 0.29) is 6.04 Å². The molecule has 2 heterocycles. The zero-order chi connectivity index (χ0) is 10.8. The number of fused-ring (bicyclic) bond motifs is 1. The van der Waals surface area contributed by atoms with Crippen molar-refractivity contribution in [1.29, 1.82) is 0 Å². The van der Waals surface area contributed by atoms with Crippen LogP contribution in [0.1, 0.15) is 12.6 Å². The Morgan fingerprint density at radius 3 is 3.13 bits per heavy atom. The van der Waals surface area contributed by atoms with Crippen LogP contribution < -0.4 is 11.1 Å². The van der Waals surface area contributed by atoms with Gasteiger partial charge < -0.3 is 11.1 Å². The molecule has 0 saturated heterocycles. The van der Waals surface area contributed by atoms with Crippen LogP contribution in [0.3, 0.4) is 0 Å². The minimum Gasteiger partial charge on any atom is -0.381 e. The molecule has 0 aliphatic carbocycles. The second-order valence-corrected chi connectivity index (χ2v) is 4.34. The highest BCUT2D eigenvalue weighted by atomic mass is 32.1. The van der Waals surface area contributed by atoms with Gasteiger partial charge in [-0.3, -0.25) is 0 Å². The number of nitrogens with zero attached hydrogens (tertiary/aromatic N) is 2. The molecule has 0 amide bonds. The highest BCUT2D eigenvalue weighted by Gasteiger charge is 2.09. The van der Waals surface area contributed by atoms with Crippen molar-refractivity contribution in [3.63, 3.8) is 0 Å². The van der Waals surface area contributed by atoms with Gasteiger partial charge in [-0.15, -0.1) is 0 Å². The predicted molar refractivity (Wildman–Crippen MR) is 64.3 cm³/mol. The molecular weight excluding hydrogens is 208 g/mol. The number of aromatic nitrogens is 2. The molecule has 4 nitrogen and oxygen atoms in total. The van der Waals surface area contributed by atoms with Crippen LogP contribution in [0, 0.1) is 6.92 Å². The lowest BCUT2D eigenvalue weighted by molar-refractivity contribution is 0.805. The first-order valence-electron chi connectivity index (χ1n) is 4.90. The van der Waals surface area contributed by atoms with Crippen LogP contribution in [-0.2, 0) is 0 Å². The Morgan fingerprint density at radius 1 is 1.60 bits per heavy atom. The predicted octanol–water partition coefficient (Wildman–Crippen LogP) is 1.76. The minimum absolute atomic E-state index is 0.259. The molecule has 0 radical (unpaired) electrons. The molecule has 15 heavy (non-hydrogen) atoms. The first-order valence-corrected chi connectivity index (χ1v) is 5.67. The first-order chi connectivity index (χ1) is 7.22. The van der Waals surface area contributed by atoms with Crippen LogP contribution in [0.2, 0.25) is 0 Å². The molecule has 0 spiro atoms. The van der Waals surface area contributed by atoms with Crippen molar-refractivity contribution in [3.05, 3.63) is 18.0 Å². The van der Waals surface area contributed by atoms with Gasteiger partial charge in [0.05, 0.1) is 11.1 Å². The van der Waals surface area contributed by atoms with Crippen LogP contribution in [0.15, 0.2) is 12.3 Å². The molecule has 0 fully saturated rings. The number of aryl methyl sites for hydroxylation is 1. The van der Waals surface area contributed by atoms with E-state index in [0.717, 1.165) is 21.6 Å². The molecule has 5 heteroatoms. The first kappa shape index (κ1) is 10.3. The van der Waals surface area contributed by atoms with Crippen LogP contribution in [0.25, 0.3) is 10.2 Å². The third-order valence-corrected chi connectivity index (χ3v) is 3.15. The maximum absolute atomic E-state index is 5.59. The minimum atomic E-state index is 0.259. The van der Waals surface area contributed by atoms with Crippen LogP contribution >= 0.6 is 11.5 Å². The quantitative estimate of drug-likeness (QED) is 0.830. The molecule has 2 rings (SSSR count). The van der Waals surface area contributed by atoms with Gasteiger partial charge in [-0.05, 0) is 31.4 Å². The van der Waals surface area contributed by atoms with Gasteiger partial charge in [-0.25, -0.2) is 4.98 Å². The van der Waals surface area contributed by atoms with E-state index in [4.69, 9.17) is 5.73 Å². The zero-order valence-corrected chi connectivity index (χ0v) is 9.64. The summed E-state index contributed by atoms with van der Waals surface area (Å²) >= 11 is 1.43. The van der Waals surface area contributed by atoms with E-state index in [9.17, 15) is 0 Å². The number of rotatable bonds is 3. The maximum atomic E-state index is 5.59. The van der Waals surface area contributed by atoms with Gasteiger partial charge in [0.2, 0.25) is 0 Å². The van der Waals surface area contributed by atoms with Crippen molar-refractivity contribution in [3.8, 4) is 0 Å². The molecule has 0 aliphatic rings. The number of nitrogens with one attached hydrogen (secondary N) is 1. The number of hydrogen-bond donors (Lipinski definition) is 2. The summed E-state index contributed by atoms with van der Waals surface area (Å²) in [7, 11) is 0. The van der Waals surface area contributed by atoms with Crippen LogP contribution in [0.4, 0.5) is 5.69 Å². The maximum Gasteiger partial charge on any atom is 0.145 e. The van der Waals surface area contributed by atoms with Gasteiger partial charge >= 0.3 is 0 Å². The zero-order valence-electron chi connectivity index (χ0n) is 8.82. The van der Waals surface area contributed by atoms with Gasteiger partial charge in [-0.2, -0.15) is 4.37 Å². The van der Waals surface area contributed by atoms with E-state index < -0.39 is 0 Å². The second kappa shape index (κ2) is 4.12. The second-order valence-electron chi connectivity index (χ2n) is 3.59. The molecule has 0 aliphatic heterocycles. The van der Waals surface area contributed by atoms with Crippen molar-refractivity contribution in [2.24, 2.45) is 5.73 Å². The number of nitrogens with two attached hydrogens (primary N) is 1. The van der Waals surface area contributed by atoms with Gasteiger partial charge in [0.1, 0.15) is 4.83 Å². The molecule has 80 valence electrons. The van der Waals surface area contributed by atoms with E-state index in [0.29, 0.717) is 6.54 Å². The van der Waals surface area contributed by atoms with E-state index in [1.165, 1.54) is 11.5 Å². The Bertz CT molecular complexity index is 465. The molecular formula is C10H14N4S. The lowest BCUT2D eigenvalue weighted by Gasteiger charge is -2.13. The standard InChI is InChI=1S/C10H14N4S/c1-6(5-11)13-8-3-4-12-10-9(8)7(2)14-15-10/h3-4,6H,5,11H2,1-2H3,(H,12,13). The molecule has 0 aromatic carbocycles. The summed E-state index contributed by atoms with van der Waals surface area (Å²) in [5.74, 6) is 0. The van der Waals surface area contributed by atoms with Gasteiger partial charge in [0.25, 0.3) is 0 Å². The summed E-state index contributed by atoms with van der Waals surface area (Å²) in [4.78, 5) is 5.25. The summed E-state index contributed by atoms with van der Waals surface area (Å²) in [5.41, 5.74) is 7.68. The number of anilines is 1. The lowest BCUT2D eigenvalue weighted by Crippen LogP contribution is -2.25. The average molecular weight is 222 g/mol. The van der Waals surface area contributed by atoms with Crippen molar-refractivity contribution in [2.45, 2.75) is 19.9 Å². The monoisotopic (exact) mass is 222 g/mol. The van der Waals surface area contributed by atoms with Crippen molar-refractivity contribution in [2.75, 3.05) is 11.9 Å². The Labute approximate surface area is 92.7 Å². The molecule has 0 bridgehead atoms. The largest absolute Gasteiger partial charge is 0.381 e. The molecule has 0 saturated carbocycles. The van der Waals surface area contributed by atoms with E-state index in [1.54, 1.807) is 6.20 Å². The number of hydrogen-bond acceptors (Lipinski definition) is 5. The fraction of sp³-hybridized carbons (Fsp3) is 0.400. The van der Waals surface area contributed by atoms with E-state index in [1.807, 2.05) is 13.0 Å². The summed E-state index contributed by atoms with van der Waals surface area (Å²) < 4.78 is 4.30. The molecule has 3 N–H and O–H groups in total. The normalized spacial score (nSPS) is 13.0. The SMILES string of the molecule is Cc1nsc2nccc(NC(C)CN)c12. The van der Waals surface area contributed by atoms with Gasteiger partial charge in [0, 0.05) is 24.5 Å². The summed E-state index contributed by atoms with van der Waals surface area (Å²) in [6, 6.07) is 2.23. The summed E-state index contributed by atoms with van der Waals surface area (Å²) in [6.07, 6.45) is 1.80. The Kier molecular flexibility index (Phi) is 2.83. The molecule has 2 aromatic rings. The number of pyridine rings is 1. The van der Waals surface area contributed by atoms with Crippen molar-refractivity contribution in [1.82, 2.24) is 9.36 Å². The summed E-state index contributed by atoms with van der Waals surface area (Å²) in [5, 5.41) is 4.48. The highest BCUT2D eigenvalue weighted by molar-refractivity contribution is 7.13. The van der Waals surface area contributed by atoms with Gasteiger partial charge in [0.15, 0.2) is 0 Å². The third-order valence-electron chi connectivity index (χ3n) is 2.30. The van der Waals surface area contributed by atoms with Crippen molar-refractivity contribution < 1.29 is 0 Å². The summed E-state index contributed by atoms with van der Waals surface area (Å²) in [6.45, 7) is 4.67. The topological polar surface area (TPSA) is 63.8 Å². The molecule has 2 aromatic heterocycles. The lowest BCUT2D eigenvalue weighted by atomic mass is 10.2. The smallest absolute Gasteiger partial charge is 0.145 e. The van der Waals surface area contributed by atoms with Crippen molar-refractivity contribution >= 4 is 27.4 Å². The molecule has 1 atom stereocenters. The van der Waals surface area contributed by atoms with Crippen LogP contribution in [-0.4, -0.2) is 21.9 Å². The fourth-order valence-electron chi connectivity index (χ4n) is 1.46. The van der Waals surface area contributed by atoms with Crippen LogP contribution in [0.5, 0.6) is 0 Å². The Balaban J connectivity index is 2.45. The van der Waals surface area contributed by atoms with E-state index >= 15 is 0 Å². The Morgan fingerprint density at radius 2 is 2.40 bits per heavy atom. The molecule has 1 unspecified atom stereocenters. The Hall–Kier alpha value is -1.20.